The van der Waals surface area contributed by atoms with Crippen molar-refractivity contribution in [2.75, 3.05) is 0 Å². The Labute approximate surface area is 90.2 Å². The molecule has 1 nitrogen and oxygen atoms in total. The largest absolute Gasteiger partial charge is 0.300 e. The molecule has 0 saturated heterocycles. The minimum Gasteiger partial charge on any atom is -0.300 e. The molecule has 1 aromatic heterocycles. The van der Waals surface area contributed by atoms with Gasteiger partial charge < -0.3 is 0 Å². The van der Waals surface area contributed by atoms with Gasteiger partial charge >= 0.3 is 0 Å². The molecule has 0 aliphatic rings. The Hall–Kier alpha value is -0.630. The summed E-state index contributed by atoms with van der Waals surface area (Å²) in [5.74, 6) is 0.954. The standard InChI is InChI=1S/C12H18OS/c1-3-10(2)8-12(13)5-4-11-6-7-14-9-11/h6-7,9-10H,3-5,8H2,1-2H3. The summed E-state index contributed by atoms with van der Waals surface area (Å²) in [4.78, 5) is 11.5. The van der Waals surface area contributed by atoms with Crippen molar-refractivity contribution in [3.8, 4) is 0 Å². The van der Waals surface area contributed by atoms with Gasteiger partial charge in [0.25, 0.3) is 0 Å². The fraction of sp³-hybridized carbons (Fsp3) is 0.583. The van der Waals surface area contributed by atoms with Crippen LogP contribution in [0.1, 0.15) is 38.7 Å². The molecule has 0 amide bonds. The fourth-order valence-corrected chi connectivity index (χ4v) is 2.06. The molecule has 1 rings (SSSR count). The number of aryl methyl sites for hydroxylation is 1. The van der Waals surface area contributed by atoms with Crippen molar-refractivity contribution >= 4 is 17.1 Å². The van der Waals surface area contributed by atoms with Gasteiger partial charge in [-0.15, -0.1) is 0 Å². The van der Waals surface area contributed by atoms with Gasteiger partial charge in [0.2, 0.25) is 0 Å². The second kappa shape index (κ2) is 5.97. The SMILES string of the molecule is CCC(C)CC(=O)CCc1ccsc1. The van der Waals surface area contributed by atoms with Crippen LogP contribution in [0.25, 0.3) is 0 Å². The first kappa shape index (κ1) is 11.4. The second-order valence-corrected chi connectivity index (χ2v) is 4.67. The molecule has 0 aliphatic heterocycles. The molecule has 1 aromatic rings. The van der Waals surface area contributed by atoms with Crippen molar-refractivity contribution in [3.05, 3.63) is 22.4 Å². The van der Waals surface area contributed by atoms with Gasteiger partial charge in [-0.25, -0.2) is 0 Å². The van der Waals surface area contributed by atoms with E-state index >= 15 is 0 Å². The molecule has 1 heterocycles. The van der Waals surface area contributed by atoms with Crippen molar-refractivity contribution in [1.82, 2.24) is 0 Å². The maximum absolute atomic E-state index is 11.5. The van der Waals surface area contributed by atoms with Crippen molar-refractivity contribution in [2.24, 2.45) is 5.92 Å². The molecule has 78 valence electrons. The number of carbonyl (C=O) groups excluding carboxylic acids is 1. The zero-order chi connectivity index (χ0) is 10.4. The van der Waals surface area contributed by atoms with E-state index in [0.29, 0.717) is 18.1 Å². The van der Waals surface area contributed by atoms with Crippen molar-refractivity contribution in [2.45, 2.75) is 39.5 Å². The van der Waals surface area contributed by atoms with Crippen molar-refractivity contribution in [3.63, 3.8) is 0 Å². The maximum Gasteiger partial charge on any atom is 0.133 e. The van der Waals surface area contributed by atoms with Crippen molar-refractivity contribution < 1.29 is 4.79 Å². The molecular weight excluding hydrogens is 192 g/mol. The summed E-state index contributed by atoms with van der Waals surface area (Å²) in [6.07, 6.45) is 3.48. The highest BCUT2D eigenvalue weighted by atomic mass is 32.1. The highest BCUT2D eigenvalue weighted by Gasteiger charge is 2.07. The summed E-state index contributed by atoms with van der Waals surface area (Å²) in [5, 5.41) is 4.19. The topological polar surface area (TPSA) is 17.1 Å². The monoisotopic (exact) mass is 210 g/mol. The van der Waals surface area contributed by atoms with Gasteiger partial charge in [0.1, 0.15) is 5.78 Å². The van der Waals surface area contributed by atoms with Crippen molar-refractivity contribution in [1.29, 1.82) is 0 Å². The first-order valence-electron chi connectivity index (χ1n) is 5.25. The van der Waals surface area contributed by atoms with E-state index in [1.807, 2.05) is 0 Å². The average molecular weight is 210 g/mol. The molecule has 0 aromatic carbocycles. The average Bonchev–Trinajstić information content (AvgIpc) is 2.67. The molecule has 0 saturated carbocycles. The third kappa shape index (κ3) is 4.05. The van der Waals surface area contributed by atoms with E-state index in [9.17, 15) is 4.79 Å². The summed E-state index contributed by atoms with van der Waals surface area (Å²) in [7, 11) is 0. The quantitative estimate of drug-likeness (QED) is 0.700. The number of ketones is 1. The molecule has 2 heteroatoms. The first-order valence-corrected chi connectivity index (χ1v) is 6.19. The van der Waals surface area contributed by atoms with Gasteiger partial charge in [-0.3, -0.25) is 4.79 Å². The number of rotatable bonds is 6. The summed E-state index contributed by atoms with van der Waals surface area (Å²) in [5.41, 5.74) is 1.30. The van der Waals surface area contributed by atoms with E-state index in [1.54, 1.807) is 11.3 Å². The third-order valence-electron chi connectivity index (χ3n) is 2.55. The van der Waals surface area contributed by atoms with Crippen LogP contribution in [0.4, 0.5) is 0 Å². The smallest absolute Gasteiger partial charge is 0.133 e. The molecule has 0 radical (unpaired) electrons. The van der Waals surface area contributed by atoms with Gasteiger partial charge in [-0.1, -0.05) is 20.3 Å². The number of hydrogen-bond acceptors (Lipinski definition) is 2. The number of hydrogen-bond donors (Lipinski definition) is 0. The van der Waals surface area contributed by atoms with Crippen LogP contribution in [0.3, 0.4) is 0 Å². The van der Waals surface area contributed by atoms with Crippen LogP contribution in [-0.4, -0.2) is 5.78 Å². The Balaban J connectivity index is 2.22. The third-order valence-corrected chi connectivity index (χ3v) is 3.28. The Morgan fingerprint density at radius 2 is 2.36 bits per heavy atom. The van der Waals surface area contributed by atoms with Crippen LogP contribution in [0.5, 0.6) is 0 Å². The summed E-state index contributed by atoms with van der Waals surface area (Å²) >= 11 is 1.70. The number of Topliss-reactive ketones (excluding diaryl/α,β-unsaturated/α-hetero) is 1. The van der Waals surface area contributed by atoms with Crippen LogP contribution in [0, 0.1) is 5.92 Å². The van der Waals surface area contributed by atoms with Crippen LogP contribution < -0.4 is 0 Å². The molecule has 0 aliphatic carbocycles. The molecule has 0 N–H and O–H groups in total. The van der Waals surface area contributed by atoms with E-state index in [0.717, 1.165) is 19.3 Å². The summed E-state index contributed by atoms with van der Waals surface area (Å²) < 4.78 is 0. The Morgan fingerprint density at radius 1 is 1.57 bits per heavy atom. The summed E-state index contributed by atoms with van der Waals surface area (Å²) in [6.45, 7) is 4.28. The van der Waals surface area contributed by atoms with E-state index in [1.165, 1.54) is 5.56 Å². The maximum atomic E-state index is 11.5. The number of thiophene rings is 1. The van der Waals surface area contributed by atoms with Gasteiger partial charge in [0.05, 0.1) is 0 Å². The van der Waals surface area contributed by atoms with Gasteiger partial charge in [-0.05, 0) is 34.7 Å². The molecule has 0 fully saturated rings. The van der Waals surface area contributed by atoms with Gasteiger partial charge in [0, 0.05) is 12.8 Å². The molecule has 14 heavy (non-hydrogen) atoms. The Morgan fingerprint density at radius 3 is 2.93 bits per heavy atom. The molecule has 1 atom stereocenters. The minimum atomic E-state index is 0.408. The highest BCUT2D eigenvalue weighted by molar-refractivity contribution is 7.07. The predicted octanol–water partition coefficient (Wildman–Crippen LogP) is 3.69. The first-order chi connectivity index (χ1) is 6.72. The lowest BCUT2D eigenvalue weighted by atomic mass is 9.99. The molecule has 1 unspecified atom stereocenters. The van der Waals surface area contributed by atoms with Crippen LogP contribution in [0.2, 0.25) is 0 Å². The molecule has 0 bridgehead atoms. The van der Waals surface area contributed by atoms with Crippen LogP contribution >= 0.6 is 11.3 Å². The zero-order valence-electron chi connectivity index (χ0n) is 8.95. The zero-order valence-corrected chi connectivity index (χ0v) is 9.77. The van der Waals surface area contributed by atoms with E-state index in [2.05, 4.69) is 30.7 Å². The Bertz CT molecular complexity index is 264. The van der Waals surface area contributed by atoms with E-state index in [4.69, 9.17) is 0 Å². The predicted molar refractivity (Wildman–Crippen MR) is 61.7 cm³/mol. The van der Waals surface area contributed by atoms with Gasteiger partial charge in [0.15, 0.2) is 0 Å². The summed E-state index contributed by atoms with van der Waals surface area (Å²) in [6, 6.07) is 2.10. The van der Waals surface area contributed by atoms with Crippen LogP contribution in [0.15, 0.2) is 16.8 Å². The highest BCUT2D eigenvalue weighted by Crippen LogP contribution is 2.12. The lowest BCUT2D eigenvalue weighted by Crippen LogP contribution is -2.05. The number of carbonyl (C=O) groups is 1. The Kier molecular flexibility index (Phi) is 4.88. The van der Waals surface area contributed by atoms with E-state index < -0.39 is 0 Å². The van der Waals surface area contributed by atoms with E-state index in [-0.39, 0.29) is 0 Å². The normalized spacial score (nSPS) is 12.7. The van der Waals surface area contributed by atoms with Crippen LogP contribution in [-0.2, 0) is 11.2 Å². The lowest BCUT2D eigenvalue weighted by molar-refractivity contribution is -0.119. The fourth-order valence-electron chi connectivity index (χ4n) is 1.35. The minimum absolute atomic E-state index is 0.408. The van der Waals surface area contributed by atoms with Gasteiger partial charge in [-0.2, -0.15) is 11.3 Å². The molecule has 0 spiro atoms. The lowest BCUT2D eigenvalue weighted by Gasteiger charge is -2.06. The molecular formula is C12H18OS. The second-order valence-electron chi connectivity index (χ2n) is 3.89.